The number of rotatable bonds is 6. The number of aliphatic imine (C=N–C) groups is 2. The molecule has 0 unspecified atom stereocenters. The summed E-state index contributed by atoms with van der Waals surface area (Å²) in [4.78, 5) is 9.07. The highest BCUT2D eigenvalue weighted by Crippen LogP contribution is 2.39. The van der Waals surface area contributed by atoms with Crippen molar-refractivity contribution in [2.24, 2.45) is 9.98 Å². The van der Waals surface area contributed by atoms with Gasteiger partial charge in [0.2, 0.25) is 0 Å². The molecule has 0 radical (unpaired) electrons. The first-order chi connectivity index (χ1) is 18.5. The lowest BCUT2D eigenvalue weighted by Gasteiger charge is -2.12. The summed E-state index contributed by atoms with van der Waals surface area (Å²) in [7, 11) is 0. The minimum Gasteiger partial charge on any atom is -0.506 e. The maximum Gasteiger partial charge on any atom is 0.139 e. The summed E-state index contributed by atoms with van der Waals surface area (Å²) in [6.07, 6.45) is 4.04. The zero-order chi connectivity index (χ0) is 28.4. The van der Waals surface area contributed by atoms with E-state index in [0.29, 0.717) is 30.1 Å². The molecule has 0 bridgehead atoms. The van der Waals surface area contributed by atoms with Gasteiger partial charge in [-0.15, -0.1) is 0 Å². The van der Waals surface area contributed by atoms with E-state index in [1.165, 1.54) is 0 Å². The zero-order valence-corrected chi connectivity index (χ0v) is 26.5. The van der Waals surface area contributed by atoms with Gasteiger partial charge in [0.1, 0.15) is 11.5 Å². The van der Waals surface area contributed by atoms with Gasteiger partial charge < -0.3 is 10.2 Å². The molecular weight excluding hydrogens is 663 g/mol. The highest BCUT2D eigenvalue weighted by molar-refractivity contribution is 9.11. The van der Waals surface area contributed by atoms with E-state index in [4.69, 9.17) is 23.2 Å². The van der Waals surface area contributed by atoms with Gasteiger partial charge in [0.15, 0.2) is 0 Å². The normalized spacial score (nSPS) is 11.7. The standard InChI is InChI=1S/C31H26Br2Cl2N2O2/c1-16-24(30(38)26(32)18(3)28(16)34)14-36-22-9-5-20(6-10-22)13-21-7-11-23(12-8-21)37-15-25-17(2)29(35)19(4)27(33)31(25)39/h5-12,14-15,38-39H,13H2,1-4H3. The molecule has 4 nitrogen and oxygen atoms in total. The molecule has 4 rings (SSSR count). The minimum absolute atomic E-state index is 0.130. The van der Waals surface area contributed by atoms with E-state index in [1.807, 2.05) is 76.2 Å². The number of nitrogens with zero attached hydrogens (tertiary/aromatic N) is 2. The van der Waals surface area contributed by atoms with Crippen molar-refractivity contribution < 1.29 is 10.2 Å². The number of phenols is 2. The fourth-order valence-electron chi connectivity index (χ4n) is 4.17. The van der Waals surface area contributed by atoms with Gasteiger partial charge in [-0.3, -0.25) is 9.98 Å². The van der Waals surface area contributed by atoms with Crippen molar-refractivity contribution in [3.05, 3.63) is 112 Å². The molecular formula is C31H26Br2Cl2N2O2. The second-order valence-corrected chi connectivity index (χ2v) is 11.6. The molecule has 0 spiro atoms. The van der Waals surface area contributed by atoms with Crippen LogP contribution in [0, 0.1) is 27.7 Å². The van der Waals surface area contributed by atoms with E-state index in [1.54, 1.807) is 12.4 Å². The van der Waals surface area contributed by atoms with Crippen LogP contribution >= 0.6 is 55.1 Å². The number of hydrogen-bond donors (Lipinski definition) is 2. The Balaban J connectivity index is 1.45. The monoisotopic (exact) mass is 686 g/mol. The average Bonchev–Trinajstić information content (AvgIpc) is 2.94. The van der Waals surface area contributed by atoms with Crippen LogP contribution in [-0.4, -0.2) is 22.6 Å². The molecule has 8 heteroatoms. The highest BCUT2D eigenvalue weighted by atomic mass is 79.9. The molecule has 0 aliphatic carbocycles. The first-order valence-corrected chi connectivity index (χ1v) is 14.4. The molecule has 0 amide bonds. The topological polar surface area (TPSA) is 65.2 Å². The van der Waals surface area contributed by atoms with Gasteiger partial charge in [0.05, 0.1) is 20.3 Å². The SMILES string of the molecule is Cc1c(Cl)c(C)c(C=Nc2ccc(Cc3ccc(N=Cc4c(C)c(Cl)c(C)c(Br)c4O)cc3)cc2)c(O)c1Br. The third-order valence-corrected chi connectivity index (χ3v) is 9.75. The highest BCUT2D eigenvalue weighted by Gasteiger charge is 2.16. The van der Waals surface area contributed by atoms with Crippen LogP contribution in [0.15, 0.2) is 67.5 Å². The Labute approximate surface area is 255 Å². The van der Waals surface area contributed by atoms with Gasteiger partial charge in [0, 0.05) is 33.6 Å². The molecule has 0 aliphatic heterocycles. The Morgan fingerprint density at radius 3 is 1.28 bits per heavy atom. The zero-order valence-electron chi connectivity index (χ0n) is 21.8. The summed E-state index contributed by atoms with van der Waals surface area (Å²) in [5.74, 6) is 0.259. The van der Waals surface area contributed by atoms with Crippen LogP contribution in [0.2, 0.25) is 10.0 Å². The smallest absolute Gasteiger partial charge is 0.139 e. The molecule has 2 N–H and O–H groups in total. The van der Waals surface area contributed by atoms with E-state index in [2.05, 4.69) is 41.8 Å². The summed E-state index contributed by atoms with van der Waals surface area (Å²) in [5.41, 5.74) is 8.18. The average molecular weight is 689 g/mol. The number of hydrogen-bond acceptors (Lipinski definition) is 4. The number of halogens is 4. The third kappa shape index (κ3) is 6.25. The van der Waals surface area contributed by atoms with Crippen LogP contribution in [0.4, 0.5) is 11.4 Å². The van der Waals surface area contributed by atoms with E-state index >= 15 is 0 Å². The molecule has 4 aromatic rings. The summed E-state index contributed by atoms with van der Waals surface area (Å²) in [6, 6.07) is 15.9. The predicted molar refractivity (Wildman–Crippen MR) is 171 cm³/mol. The van der Waals surface area contributed by atoms with Crippen LogP contribution in [0.3, 0.4) is 0 Å². The molecule has 0 fully saturated rings. The van der Waals surface area contributed by atoms with Crippen molar-refractivity contribution in [2.45, 2.75) is 34.1 Å². The summed E-state index contributed by atoms with van der Waals surface area (Å²) < 4.78 is 1.15. The van der Waals surface area contributed by atoms with Crippen LogP contribution in [0.5, 0.6) is 11.5 Å². The maximum absolute atomic E-state index is 10.5. The number of phenolic OH excluding ortho intramolecular Hbond substituents is 2. The summed E-state index contributed by atoms with van der Waals surface area (Å²) in [5, 5.41) is 22.2. The van der Waals surface area contributed by atoms with E-state index < -0.39 is 0 Å². The molecule has 0 atom stereocenters. The Morgan fingerprint density at radius 1 is 0.615 bits per heavy atom. The molecule has 200 valence electrons. The van der Waals surface area contributed by atoms with Crippen molar-refractivity contribution in [3.63, 3.8) is 0 Å². The van der Waals surface area contributed by atoms with E-state index in [9.17, 15) is 10.2 Å². The fourth-order valence-corrected chi connectivity index (χ4v) is 5.61. The first-order valence-electron chi connectivity index (χ1n) is 12.1. The Kier molecular flexibility index (Phi) is 9.22. The van der Waals surface area contributed by atoms with Gasteiger partial charge >= 0.3 is 0 Å². The van der Waals surface area contributed by atoms with Crippen LogP contribution < -0.4 is 0 Å². The van der Waals surface area contributed by atoms with Gasteiger partial charge in [-0.1, -0.05) is 47.5 Å². The molecule has 4 aromatic carbocycles. The van der Waals surface area contributed by atoms with Crippen LogP contribution in [0.1, 0.15) is 44.5 Å². The number of aromatic hydroxyl groups is 2. The maximum atomic E-state index is 10.5. The lowest BCUT2D eigenvalue weighted by atomic mass is 10.0. The molecule has 39 heavy (non-hydrogen) atoms. The van der Waals surface area contributed by atoms with Crippen molar-refractivity contribution in [3.8, 4) is 11.5 Å². The second kappa shape index (κ2) is 12.3. The predicted octanol–water partition coefficient (Wildman–Crippen LogP) is 10.3. The van der Waals surface area contributed by atoms with Crippen LogP contribution in [-0.2, 0) is 6.42 Å². The molecule has 0 aromatic heterocycles. The lowest BCUT2D eigenvalue weighted by Crippen LogP contribution is -1.94. The fraction of sp³-hybridized carbons (Fsp3) is 0.161. The van der Waals surface area contributed by atoms with Crippen molar-refractivity contribution in [2.75, 3.05) is 0 Å². The molecule has 0 heterocycles. The van der Waals surface area contributed by atoms with Crippen molar-refractivity contribution in [1.82, 2.24) is 0 Å². The van der Waals surface area contributed by atoms with Gasteiger partial charge in [-0.2, -0.15) is 0 Å². The summed E-state index contributed by atoms with van der Waals surface area (Å²) in [6.45, 7) is 7.44. The molecule has 0 aliphatic rings. The number of benzene rings is 4. The quantitative estimate of drug-likeness (QED) is 0.198. The van der Waals surface area contributed by atoms with Crippen molar-refractivity contribution in [1.29, 1.82) is 0 Å². The Bertz CT molecular complexity index is 1440. The molecule has 0 saturated carbocycles. The van der Waals surface area contributed by atoms with E-state index in [-0.39, 0.29) is 11.5 Å². The van der Waals surface area contributed by atoms with Crippen molar-refractivity contribution >= 4 is 78.9 Å². The van der Waals surface area contributed by atoms with Crippen LogP contribution in [0.25, 0.3) is 0 Å². The first kappa shape index (κ1) is 29.3. The van der Waals surface area contributed by atoms with Gasteiger partial charge in [-0.05, 0) is 124 Å². The third-order valence-electron chi connectivity index (χ3n) is 6.68. The lowest BCUT2D eigenvalue weighted by molar-refractivity contribution is 0.469. The van der Waals surface area contributed by atoms with Gasteiger partial charge in [0.25, 0.3) is 0 Å². The second-order valence-electron chi connectivity index (χ2n) is 9.31. The van der Waals surface area contributed by atoms with Gasteiger partial charge in [-0.25, -0.2) is 0 Å². The molecule has 0 saturated heterocycles. The largest absolute Gasteiger partial charge is 0.506 e. The summed E-state index contributed by atoms with van der Waals surface area (Å²) >= 11 is 19.6. The van der Waals surface area contributed by atoms with E-state index in [0.717, 1.165) is 51.2 Å². The minimum atomic E-state index is 0.130. The Morgan fingerprint density at radius 2 is 0.949 bits per heavy atom. The Hall–Kier alpha value is -2.64.